The Morgan fingerprint density at radius 3 is 2.93 bits per heavy atom. The Bertz CT molecular complexity index is 485. The SMILES string of the molecule is CCn1cc2cc(C=O)cc(C)c2n1. The summed E-state index contributed by atoms with van der Waals surface area (Å²) in [5.74, 6) is 0. The molecule has 0 unspecified atom stereocenters. The lowest BCUT2D eigenvalue weighted by Crippen LogP contribution is -1.92. The summed E-state index contributed by atoms with van der Waals surface area (Å²) < 4.78 is 1.88. The number of nitrogens with zero attached hydrogens (tertiary/aromatic N) is 2. The topological polar surface area (TPSA) is 34.9 Å². The van der Waals surface area contributed by atoms with Crippen LogP contribution in [0.1, 0.15) is 22.8 Å². The Hall–Kier alpha value is -1.64. The molecule has 72 valence electrons. The molecular weight excluding hydrogens is 176 g/mol. The van der Waals surface area contributed by atoms with Gasteiger partial charge in [-0.25, -0.2) is 0 Å². The highest BCUT2D eigenvalue weighted by Crippen LogP contribution is 2.18. The van der Waals surface area contributed by atoms with Crippen molar-refractivity contribution in [3.8, 4) is 0 Å². The van der Waals surface area contributed by atoms with Gasteiger partial charge in [0.25, 0.3) is 0 Å². The smallest absolute Gasteiger partial charge is 0.150 e. The fourth-order valence-corrected chi connectivity index (χ4v) is 1.62. The van der Waals surface area contributed by atoms with Gasteiger partial charge >= 0.3 is 0 Å². The average Bonchev–Trinajstić information content (AvgIpc) is 2.61. The lowest BCUT2D eigenvalue weighted by atomic mass is 10.1. The molecule has 3 heteroatoms. The molecule has 1 heterocycles. The van der Waals surface area contributed by atoms with Crippen LogP contribution in [0.2, 0.25) is 0 Å². The van der Waals surface area contributed by atoms with Gasteiger partial charge in [-0.2, -0.15) is 5.10 Å². The number of aldehydes is 1. The Labute approximate surface area is 82.3 Å². The first-order valence-corrected chi connectivity index (χ1v) is 4.67. The van der Waals surface area contributed by atoms with E-state index in [0.29, 0.717) is 5.56 Å². The molecule has 0 spiro atoms. The molecule has 0 aliphatic rings. The van der Waals surface area contributed by atoms with E-state index in [4.69, 9.17) is 0 Å². The van der Waals surface area contributed by atoms with Crippen LogP contribution in [0.3, 0.4) is 0 Å². The third-order valence-electron chi connectivity index (χ3n) is 2.33. The second kappa shape index (κ2) is 3.25. The summed E-state index contributed by atoms with van der Waals surface area (Å²) in [5.41, 5.74) is 2.75. The zero-order valence-electron chi connectivity index (χ0n) is 8.32. The Morgan fingerprint density at radius 1 is 1.50 bits per heavy atom. The normalized spacial score (nSPS) is 10.7. The monoisotopic (exact) mass is 188 g/mol. The summed E-state index contributed by atoms with van der Waals surface area (Å²) in [4.78, 5) is 10.7. The molecule has 3 nitrogen and oxygen atoms in total. The van der Waals surface area contributed by atoms with Gasteiger partial charge in [0.2, 0.25) is 0 Å². The second-order valence-electron chi connectivity index (χ2n) is 3.38. The zero-order chi connectivity index (χ0) is 10.1. The van der Waals surface area contributed by atoms with Gasteiger partial charge in [-0.15, -0.1) is 0 Å². The largest absolute Gasteiger partial charge is 0.298 e. The van der Waals surface area contributed by atoms with Crippen molar-refractivity contribution in [2.75, 3.05) is 0 Å². The summed E-state index contributed by atoms with van der Waals surface area (Å²) in [7, 11) is 0. The Kier molecular flexibility index (Phi) is 2.08. The zero-order valence-corrected chi connectivity index (χ0v) is 8.32. The molecule has 0 aliphatic carbocycles. The average molecular weight is 188 g/mol. The van der Waals surface area contributed by atoms with Gasteiger partial charge in [0, 0.05) is 23.7 Å². The summed E-state index contributed by atoms with van der Waals surface area (Å²) in [6, 6.07) is 3.73. The standard InChI is InChI=1S/C11H12N2O/c1-3-13-6-10-5-9(7-14)4-8(2)11(10)12-13/h4-7H,3H2,1-2H3. The van der Waals surface area contributed by atoms with Crippen LogP contribution in [0.5, 0.6) is 0 Å². The van der Waals surface area contributed by atoms with Crippen LogP contribution in [0.25, 0.3) is 10.9 Å². The van der Waals surface area contributed by atoms with Crippen molar-refractivity contribution in [2.24, 2.45) is 0 Å². The number of aryl methyl sites for hydroxylation is 2. The van der Waals surface area contributed by atoms with Crippen LogP contribution in [0, 0.1) is 6.92 Å². The van der Waals surface area contributed by atoms with E-state index in [9.17, 15) is 4.79 Å². The third-order valence-corrected chi connectivity index (χ3v) is 2.33. The summed E-state index contributed by atoms with van der Waals surface area (Å²) >= 11 is 0. The first-order chi connectivity index (χ1) is 6.74. The molecule has 0 amide bonds. The maximum absolute atomic E-state index is 10.7. The van der Waals surface area contributed by atoms with Crippen LogP contribution in [0.15, 0.2) is 18.3 Å². The number of hydrogen-bond donors (Lipinski definition) is 0. The highest BCUT2D eigenvalue weighted by molar-refractivity contribution is 5.88. The van der Waals surface area contributed by atoms with Crippen LogP contribution < -0.4 is 0 Å². The van der Waals surface area contributed by atoms with Crippen LogP contribution in [-0.2, 0) is 6.54 Å². The predicted molar refractivity (Wildman–Crippen MR) is 55.5 cm³/mol. The minimum atomic E-state index is 0.714. The molecule has 0 N–H and O–H groups in total. The van der Waals surface area contributed by atoms with E-state index in [1.807, 2.05) is 36.9 Å². The highest BCUT2D eigenvalue weighted by Gasteiger charge is 2.04. The van der Waals surface area contributed by atoms with E-state index >= 15 is 0 Å². The van der Waals surface area contributed by atoms with Crippen molar-refractivity contribution in [3.05, 3.63) is 29.5 Å². The molecule has 1 aromatic carbocycles. The van der Waals surface area contributed by atoms with E-state index in [0.717, 1.165) is 29.3 Å². The number of aromatic nitrogens is 2. The minimum Gasteiger partial charge on any atom is -0.298 e. The van der Waals surface area contributed by atoms with Crippen LogP contribution in [0.4, 0.5) is 0 Å². The third kappa shape index (κ3) is 1.31. The number of benzene rings is 1. The fraction of sp³-hybridized carbons (Fsp3) is 0.273. The summed E-state index contributed by atoms with van der Waals surface area (Å²) in [6.45, 7) is 4.87. The maximum Gasteiger partial charge on any atom is 0.150 e. The van der Waals surface area contributed by atoms with Gasteiger partial charge in [0.1, 0.15) is 6.29 Å². The van der Waals surface area contributed by atoms with Gasteiger partial charge in [-0.1, -0.05) is 0 Å². The molecule has 2 aromatic rings. The molecule has 0 saturated heterocycles. The van der Waals surface area contributed by atoms with Crippen molar-refractivity contribution in [1.82, 2.24) is 9.78 Å². The molecule has 1 aromatic heterocycles. The molecule has 0 bridgehead atoms. The number of carbonyl (C=O) groups excluding carboxylic acids is 1. The predicted octanol–water partition coefficient (Wildman–Crippen LogP) is 2.18. The van der Waals surface area contributed by atoms with Gasteiger partial charge in [0.15, 0.2) is 0 Å². The Morgan fingerprint density at radius 2 is 2.29 bits per heavy atom. The molecular formula is C11H12N2O. The van der Waals surface area contributed by atoms with Gasteiger partial charge in [-0.3, -0.25) is 9.48 Å². The van der Waals surface area contributed by atoms with Crippen molar-refractivity contribution < 1.29 is 4.79 Å². The summed E-state index contributed by atoms with van der Waals surface area (Å²) in [5, 5.41) is 5.44. The number of rotatable bonds is 2. The van der Waals surface area contributed by atoms with Crippen molar-refractivity contribution in [1.29, 1.82) is 0 Å². The lowest BCUT2D eigenvalue weighted by molar-refractivity contribution is 0.112. The van der Waals surface area contributed by atoms with Crippen LogP contribution >= 0.6 is 0 Å². The van der Waals surface area contributed by atoms with Crippen molar-refractivity contribution in [2.45, 2.75) is 20.4 Å². The quantitative estimate of drug-likeness (QED) is 0.677. The molecule has 0 atom stereocenters. The number of fused-ring (bicyclic) bond motifs is 1. The Balaban J connectivity index is 2.73. The lowest BCUT2D eigenvalue weighted by Gasteiger charge is -1.95. The number of hydrogen-bond acceptors (Lipinski definition) is 2. The van der Waals surface area contributed by atoms with E-state index < -0.39 is 0 Å². The van der Waals surface area contributed by atoms with E-state index in [1.54, 1.807) is 0 Å². The van der Waals surface area contributed by atoms with E-state index in [2.05, 4.69) is 5.10 Å². The van der Waals surface area contributed by atoms with Gasteiger partial charge in [-0.05, 0) is 31.5 Å². The second-order valence-corrected chi connectivity index (χ2v) is 3.38. The number of carbonyl (C=O) groups is 1. The maximum atomic E-state index is 10.7. The van der Waals surface area contributed by atoms with E-state index in [1.165, 1.54) is 0 Å². The van der Waals surface area contributed by atoms with Crippen molar-refractivity contribution >= 4 is 17.2 Å². The van der Waals surface area contributed by atoms with Gasteiger partial charge in [0.05, 0.1) is 5.52 Å². The molecule has 0 saturated carbocycles. The van der Waals surface area contributed by atoms with E-state index in [-0.39, 0.29) is 0 Å². The molecule has 0 radical (unpaired) electrons. The van der Waals surface area contributed by atoms with Crippen molar-refractivity contribution in [3.63, 3.8) is 0 Å². The first-order valence-electron chi connectivity index (χ1n) is 4.67. The van der Waals surface area contributed by atoms with Crippen LogP contribution in [-0.4, -0.2) is 16.1 Å². The first kappa shape index (κ1) is 8.94. The molecule has 14 heavy (non-hydrogen) atoms. The molecule has 0 fully saturated rings. The molecule has 2 rings (SSSR count). The van der Waals surface area contributed by atoms with Gasteiger partial charge < -0.3 is 0 Å². The minimum absolute atomic E-state index is 0.714. The molecule has 0 aliphatic heterocycles. The highest BCUT2D eigenvalue weighted by atomic mass is 16.1. The fourth-order valence-electron chi connectivity index (χ4n) is 1.62. The summed E-state index contributed by atoms with van der Waals surface area (Å²) in [6.07, 6.45) is 2.84.